The second-order valence-electron chi connectivity index (χ2n) is 6.63. The predicted molar refractivity (Wildman–Crippen MR) is 99.4 cm³/mol. The topological polar surface area (TPSA) is 57.3 Å². The highest BCUT2D eigenvalue weighted by Gasteiger charge is 2.07. The summed E-state index contributed by atoms with van der Waals surface area (Å²) in [5, 5.41) is 6.26. The number of carbonyl (C=O) groups excluding carboxylic acids is 1. The van der Waals surface area contributed by atoms with E-state index in [1.54, 1.807) is 6.20 Å². The molecule has 2 rings (SSSR count). The van der Waals surface area contributed by atoms with E-state index in [1.165, 1.54) is 31.3 Å². The van der Waals surface area contributed by atoms with Gasteiger partial charge in [0.05, 0.1) is 5.56 Å². The van der Waals surface area contributed by atoms with Crippen molar-refractivity contribution in [2.75, 3.05) is 39.0 Å². The molecule has 2 N–H and O–H groups in total. The number of carbonyl (C=O) groups is 1. The summed E-state index contributed by atoms with van der Waals surface area (Å²) >= 11 is 0. The van der Waals surface area contributed by atoms with Crippen molar-refractivity contribution in [3.05, 3.63) is 35.5 Å². The highest BCUT2D eigenvalue weighted by molar-refractivity contribution is 5.94. The van der Waals surface area contributed by atoms with Crippen LogP contribution in [0.4, 0.5) is 5.82 Å². The minimum absolute atomic E-state index is 0.0435. The zero-order valence-electron chi connectivity index (χ0n) is 15.0. The monoisotopic (exact) mass is 330 g/mol. The third kappa shape index (κ3) is 6.71. The molecule has 1 aromatic rings. The molecule has 0 aromatic carbocycles. The molecule has 132 valence electrons. The average Bonchev–Trinajstić information content (AvgIpc) is 2.60. The number of pyridine rings is 1. The van der Waals surface area contributed by atoms with Gasteiger partial charge in [-0.2, -0.15) is 0 Å². The Morgan fingerprint density at radius 2 is 2.12 bits per heavy atom. The molecule has 0 bridgehead atoms. The first-order valence-corrected chi connectivity index (χ1v) is 8.96. The van der Waals surface area contributed by atoms with Crippen LogP contribution in [-0.4, -0.2) is 49.5 Å². The van der Waals surface area contributed by atoms with E-state index in [0.29, 0.717) is 12.1 Å². The molecule has 0 aliphatic heterocycles. The van der Waals surface area contributed by atoms with Crippen molar-refractivity contribution in [2.24, 2.45) is 0 Å². The standard InChI is InChI=1S/C19H30N4O/c1-23(2)14-6-12-20-18-10-9-17(15-22-18)19(24)21-13-11-16-7-4-3-5-8-16/h7,9-10,15H,3-6,8,11-14H2,1-2H3,(H,20,22)(H,21,24). The Kier molecular flexibility index (Phi) is 7.75. The summed E-state index contributed by atoms with van der Waals surface area (Å²) in [6.07, 6.45) is 11.0. The van der Waals surface area contributed by atoms with E-state index in [1.807, 2.05) is 12.1 Å². The van der Waals surface area contributed by atoms with Crippen molar-refractivity contribution in [3.8, 4) is 0 Å². The van der Waals surface area contributed by atoms with Crippen LogP contribution < -0.4 is 10.6 Å². The zero-order valence-corrected chi connectivity index (χ0v) is 15.0. The molecule has 5 heteroatoms. The summed E-state index contributed by atoms with van der Waals surface area (Å²) in [6, 6.07) is 3.70. The minimum Gasteiger partial charge on any atom is -0.370 e. The molecule has 0 unspecified atom stereocenters. The van der Waals surface area contributed by atoms with E-state index in [4.69, 9.17) is 0 Å². The van der Waals surface area contributed by atoms with Crippen molar-refractivity contribution < 1.29 is 4.79 Å². The molecule has 0 saturated heterocycles. The van der Waals surface area contributed by atoms with E-state index in [0.717, 1.165) is 31.7 Å². The smallest absolute Gasteiger partial charge is 0.252 e. The SMILES string of the molecule is CN(C)CCCNc1ccc(C(=O)NCCC2=CCCCC2)cn1. The van der Waals surface area contributed by atoms with Crippen LogP contribution in [0.5, 0.6) is 0 Å². The van der Waals surface area contributed by atoms with E-state index < -0.39 is 0 Å². The molecule has 0 radical (unpaired) electrons. The van der Waals surface area contributed by atoms with Crippen molar-refractivity contribution in [2.45, 2.75) is 38.5 Å². The quantitative estimate of drug-likeness (QED) is 0.540. The van der Waals surface area contributed by atoms with Gasteiger partial charge < -0.3 is 15.5 Å². The minimum atomic E-state index is -0.0435. The van der Waals surface area contributed by atoms with Crippen molar-refractivity contribution in [3.63, 3.8) is 0 Å². The van der Waals surface area contributed by atoms with Crippen molar-refractivity contribution >= 4 is 11.7 Å². The first-order valence-electron chi connectivity index (χ1n) is 8.96. The summed E-state index contributed by atoms with van der Waals surface area (Å²) < 4.78 is 0. The summed E-state index contributed by atoms with van der Waals surface area (Å²) in [5.74, 6) is 0.774. The van der Waals surface area contributed by atoms with Crippen LogP contribution in [0.25, 0.3) is 0 Å². The van der Waals surface area contributed by atoms with Gasteiger partial charge in [0, 0.05) is 19.3 Å². The highest BCUT2D eigenvalue weighted by atomic mass is 16.1. The number of nitrogens with zero attached hydrogens (tertiary/aromatic N) is 2. The third-order valence-electron chi connectivity index (χ3n) is 4.23. The first-order chi connectivity index (χ1) is 11.6. The van der Waals surface area contributed by atoms with Gasteiger partial charge in [-0.25, -0.2) is 4.98 Å². The molecule has 0 fully saturated rings. The van der Waals surface area contributed by atoms with E-state index in [-0.39, 0.29) is 5.91 Å². The van der Waals surface area contributed by atoms with Crippen LogP contribution in [0.15, 0.2) is 30.0 Å². The van der Waals surface area contributed by atoms with Crippen LogP contribution in [-0.2, 0) is 0 Å². The van der Waals surface area contributed by atoms with Gasteiger partial charge in [0.15, 0.2) is 0 Å². The largest absolute Gasteiger partial charge is 0.370 e. The molecule has 1 amide bonds. The van der Waals surface area contributed by atoms with Gasteiger partial charge in [-0.15, -0.1) is 0 Å². The van der Waals surface area contributed by atoms with Gasteiger partial charge in [0.2, 0.25) is 0 Å². The van der Waals surface area contributed by atoms with Crippen LogP contribution >= 0.6 is 0 Å². The molecule has 0 spiro atoms. The molecule has 5 nitrogen and oxygen atoms in total. The number of anilines is 1. The summed E-state index contributed by atoms with van der Waals surface area (Å²) in [6.45, 7) is 2.63. The Hall–Kier alpha value is -1.88. The highest BCUT2D eigenvalue weighted by Crippen LogP contribution is 2.19. The Bertz CT molecular complexity index is 537. The maximum Gasteiger partial charge on any atom is 0.252 e. The number of nitrogens with one attached hydrogen (secondary N) is 2. The number of allylic oxidation sites excluding steroid dienone is 1. The molecule has 1 aromatic heterocycles. The van der Waals surface area contributed by atoms with Gasteiger partial charge >= 0.3 is 0 Å². The number of amides is 1. The van der Waals surface area contributed by atoms with Crippen molar-refractivity contribution in [1.29, 1.82) is 0 Å². The molecule has 0 atom stereocenters. The van der Waals surface area contributed by atoms with Gasteiger partial charge in [-0.3, -0.25) is 4.79 Å². The Morgan fingerprint density at radius 1 is 1.25 bits per heavy atom. The van der Waals surface area contributed by atoms with E-state index >= 15 is 0 Å². The van der Waals surface area contributed by atoms with Gasteiger partial charge in [-0.1, -0.05) is 11.6 Å². The van der Waals surface area contributed by atoms with E-state index in [2.05, 4.69) is 40.7 Å². The summed E-state index contributed by atoms with van der Waals surface area (Å²) in [4.78, 5) is 18.6. The predicted octanol–water partition coefficient (Wildman–Crippen LogP) is 3.07. The Morgan fingerprint density at radius 3 is 2.79 bits per heavy atom. The van der Waals surface area contributed by atoms with Crippen LogP contribution in [0.1, 0.15) is 48.9 Å². The molecule has 24 heavy (non-hydrogen) atoms. The number of aromatic nitrogens is 1. The Balaban J connectivity index is 1.69. The number of rotatable bonds is 9. The molecule has 0 saturated carbocycles. The second-order valence-corrected chi connectivity index (χ2v) is 6.63. The molecule has 1 heterocycles. The fourth-order valence-electron chi connectivity index (χ4n) is 2.81. The maximum atomic E-state index is 12.1. The average molecular weight is 330 g/mol. The lowest BCUT2D eigenvalue weighted by Gasteiger charge is -2.13. The van der Waals surface area contributed by atoms with E-state index in [9.17, 15) is 4.79 Å². The summed E-state index contributed by atoms with van der Waals surface area (Å²) in [5.41, 5.74) is 2.10. The fourth-order valence-corrected chi connectivity index (χ4v) is 2.81. The van der Waals surface area contributed by atoms with Gasteiger partial charge in [0.1, 0.15) is 5.82 Å². The second kappa shape index (κ2) is 10.1. The molecular formula is C19H30N4O. The molecule has 1 aliphatic carbocycles. The van der Waals surface area contributed by atoms with Crippen LogP contribution in [0, 0.1) is 0 Å². The normalized spacial score (nSPS) is 14.4. The van der Waals surface area contributed by atoms with Crippen molar-refractivity contribution in [1.82, 2.24) is 15.2 Å². The zero-order chi connectivity index (χ0) is 17.2. The lowest BCUT2D eigenvalue weighted by molar-refractivity contribution is 0.0953. The van der Waals surface area contributed by atoms with Crippen LogP contribution in [0.2, 0.25) is 0 Å². The van der Waals surface area contributed by atoms with Gasteiger partial charge in [0.25, 0.3) is 5.91 Å². The first kappa shape index (κ1) is 18.5. The third-order valence-corrected chi connectivity index (χ3v) is 4.23. The summed E-state index contributed by atoms with van der Waals surface area (Å²) in [7, 11) is 4.13. The molecule has 1 aliphatic rings. The molecular weight excluding hydrogens is 300 g/mol. The number of hydrogen-bond donors (Lipinski definition) is 2. The fraction of sp³-hybridized carbons (Fsp3) is 0.579. The number of hydrogen-bond acceptors (Lipinski definition) is 4. The maximum absolute atomic E-state index is 12.1. The van der Waals surface area contributed by atoms with Crippen LogP contribution in [0.3, 0.4) is 0 Å². The Labute approximate surface area is 145 Å². The lowest BCUT2D eigenvalue weighted by atomic mass is 9.97. The van der Waals surface area contributed by atoms with Gasteiger partial charge in [-0.05, 0) is 71.3 Å². The lowest BCUT2D eigenvalue weighted by Crippen LogP contribution is -2.25.